The minimum atomic E-state index is 0.811. The van der Waals surface area contributed by atoms with Gasteiger partial charge in [-0.05, 0) is 37.5 Å². The van der Waals surface area contributed by atoms with Gasteiger partial charge in [0.05, 0.1) is 19.9 Å². The van der Waals surface area contributed by atoms with Crippen LogP contribution in [-0.2, 0) is 6.42 Å². The lowest BCUT2D eigenvalue weighted by Crippen LogP contribution is -1.99. The van der Waals surface area contributed by atoms with Gasteiger partial charge in [-0.2, -0.15) is 5.10 Å². The lowest BCUT2D eigenvalue weighted by atomic mass is 10.0. The molecule has 0 radical (unpaired) electrons. The summed E-state index contributed by atoms with van der Waals surface area (Å²) in [7, 11) is 3.35. The summed E-state index contributed by atoms with van der Waals surface area (Å²) in [5.74, 6) is 2.59. The first-order chi connectivity index (χ1) is 9.83. The lowest BCUT2D eigenvalue weighted by molar-refractivity contribution is 0.404. The van der Waals surface area contributed by atoms with Crippen LogP contribution >= 0.6 is 0 Å². The highest BCUT2D eigenvalue weighted by Gasteiger charge is 2.19. The molecule has 3 rings (SSSR count). The van der Waals surface area contributed by atoms with Gasteiger partial charge in [-0.3, -0.25) is 5.10 Å². The van der Waals surface area contributed by atoms with Gasteiger partial charge in [0.2, 0.25) is 0 Å². The summed E-state index contributed by atoms with van der Waals surface area (Å²) in [6.07, 6.45) is 3.36. The van der Waals surface area contributed by atoms with Crippen molar-refractivity contribution >= 4 is 5.82 Å². The van der Waals surface area contributed by atoms with Gasteiger partial charge in [-0.15, -0.1) is 0 Å². The molecule has 0 amide bonds. The van der Waals surface area contributed by atoms with Crippen LogP contribution in [-0.4, -0.2) is 31.0 Å². The van der Waals surface area contributed by atoms with E-state index in [0.717, 1.165) is 41.5 Å². The van der Waals surface area contributed by atoms with Crippen molar-refractivity contribution in [3.05, 3.63) is 23.8 Å². The topological polar surface area (TPSA) is 59.2 Å². The van der Waals surface area contributed by atoms with E-state index in [2.05, 4.69) is 15.5 Å². The van der Waals surface area contributed by atoms with Gasteiger partial charge < -0.3 is 14.8 Å². The summed E-state index contributed by atoms with van der Waals surface area (Å²) in [5, 5.41) is 10.9. The highest BCUT2D eigenvalue weighted by atomic mass is 16.5. The Balaban J connectivity index is 2.10. The molecule has 1 aromatic heterocycles. The van der Waals surface area contributed by atoms with Gasteiger partial charge >= 0.3 is 0 Å². The fourth-order valence-electron chi connectivity index (χ4n) is 2.62. The van der Waals surface area contributed by atoms with E-state index in [1.54, 1.807) is 14.2 Å². The van der Waals surface area contributed by atoms with E-state index in [9.17, 15) is 0 Å². The molecule has 5 heteroatoms. The van der Waals surface area contributed by atoms with Crippen LogP contribution in [0, 0.1) is 0 Å². The van der Waals surface area contributed by atoms with Crippen LogP contribution in [0.3, 0.4) is 0 Å². The summed E-state index contributed by atoms with van der Waals surface area (Å²) in [4.78, 5) is 0. The molecule has 20 heavy (non-hydrogen) atoms. The van der Waals surface area contributed by atoms with Crippen molar-refractivity contribution in [2.24, 2.45) is 0 Å². The van der Waals surface area contributed by atoms with Crippen molar-refractivity contribution in [3.63, 3.8) is 0 Å². The Morgan fingerprint density at radius 1 is 1.15 bits per heavy atom. The molecule has 106 valence electrons. The molecule has 0 unspecified atom stereocenters. The molecular weight excluding hydrogens is 254 g/mol. The first kappa shape index (κ1) is 12.8. The highest BCUT2D eigenvalue weighted by Crippen LogP contribution is 2.37. The molecule has 2 N–H and O–H groups in total. The fourth-order valence-corrected chi connectivity index (χ4v) is 2.62. The molecule has 0 saturated heterocycles. The monoisotopic (exact) mass is 273 g/mol. The van der Waals surface area contributed by atoms with Crippen molar-refractivity contribution in [3.8, 4) is 22.8 Å². The number of nitrogens with one attached hydrogen (secondary N) is 2. The summed E-state index contributed by atoms with van der Waals surface area (Å²) in [5.41, 5.74) is 3.24. The van der Waals surface area contributed by atoms with E-state index in [1.165, 1.54) is 18.4 Å². The number of H-pyrrole nitrogens is 1. The Labute approximate surface area is 118 Å². The summed E-state index contributed by atoms with van der Waals surface area (Å²) >= 11 is 0. The third-order valence-corrected chi connectivity index (χ3v) is 3.69. The van der Waals surface area contributed by atoms with Crippen LogP contribution in [0.25, 0.3) is 11.3 Å². The van der Waals surface area contributed by atoms with Gasteiger partial charge in [-0.1, -0.05) is 0 Å². The fraction of sp³-hybridized carbons (Fsp3) is 0.400. The van der Waals surface area contributed by atoms with Crippen LogP contribution in [0.4, 0.5) is 5.82 Å². The second kappa shape index (κ2) is 5.45. The number of aromatic amines is 1. The maximum Gasteiger partial charge on any atom is 0.151 e. The number of fused-ring (bicyclic) bond motifs is 1. The largest absolute Gasteiger partial charge is 0.497 e. The maximum absolute atomic E-state index is 5.47. The Morgan fingerprint density at radius 3 is 2.85 bits per heavy atom. The van der Waals surface area contributed by atoms with Crippen LogP contribution in [0.1, 0.15) is 18.4 Å². The average molecular weight is 273 g/mol. The molecule has 1 aliphatic rings. The lowest BCUT2D eigenvalue weighted by Gasteiger charge is -2.10. The van der Waals surface area contributed by atoms with Gasteiger partial charge in [0.15, 0.2) is 5.82 Å². The standard InChI is InChI=1S/C15H19N3O2/c1-19-10-6-7-13(20-2)12(9-10)14-11-5-3-4-8-16-15(11)18-17-14/h6-7,9H,3-5,8H2,1-2H3,(H2,16,17,18). The highest BCUT2D eigenvalue weighted by molar-refractivity contribution is 5.75. The molecular formula is C15H19N3O2. The molecule has 0 atom stereocenters. The second-order valence-electron chi connectivity index (χ2n) is 4.88. The number of benzene rings is 1. The van der Waals surface area contributed by atoms with Crippen molar-refractivity contribution in [2.45, 2.75) is 19.3 Å². The van der Waals surface area contributed by atoms with Gasteiger partial charge in [0, 0.05) is 17.7 Å². The van der Waals surface area contributed by atoms with Crippen LogP contribution in [0.15, 0.2) is 18.2 Å². The summed E-state index contributed by atoms with van der Waals surface area (Å²) in [6, 6.07) is 5.80. The van der Waals surface area contributed by atoms with E-state index >= 15 is 0 Å². The van der Waals surface area contributed by atoms with Crippen LogP contribution < -0.4 is 14.8 Å². The van der Waals surface area contributed by atoms with E-state index in [0.29, 0.717) is 0 Å². The van der Waals surface area contributed by atoms with Crippen molar-refractivity contribution in [2.75, 3.05) is 26.1 Å². The third kappa shape index (κ3) is 2.19. The number of hydrogen-bond donors (Lipinski definition) is 2. The minimum absolute atomic E-state index is 0.811. The quantitative estimate of drug-likeness (QED) is 0.902. The molecule has 1 aliphatic heterocycles. The Morgan fingerprint density at radius 2 is 2.05 bits per heavy atom. The van der Waals surface area contributed by atoms with Crippen molar-refractivity contribution in [1.82, 2.24) is 10.2 Å². The normalized spacial score (nSPS) is 14.1. The molecule has 0 bridgehead atoms. The van der Waals surface area contributed by atoms with Gasteiger partial charge in [0.1, 0.15) is 11.5 Å². The number of anilines is 1. The van der Waals surface area contributed by atoms with E-state index in [4.69, 9.17) is 9.47 Å². The second-order valence-corrected chi connectivity index (χ2v) is 4.88. The molecule has 5 nitrogen and oxygen atoms in total. The Kier molecular flexibility index (Phi) is 3.50. The van der Waals surface area contributed by atoms with Gasteiger partial charge in [0.25, 0.3) is 0 Å². The van der Waals surface area contributed by atoms with E-state index in [-0.39, 0.29) is 0 Å². The van der Waals surface area contributed by atoms with Gasteiger partial charge in [-0.25, -0.2) is 0 Å². The first-order valence-electron chi connectivity index (χ1n) is 6.87. The molecule has 0 spiro atoms. The number of rotatable bonds is 3. The molecule has 2 heterocycles. The zero-order valence-corrected chi connectivity index (χ0v) is 11.8. The van der Waals surface area contributed by atoms with Crippen LogP contribution in [0.2, 0.25) is 0 Å². The molecule has 0 aliphatic carbocycles. The minimum Gasteiger partial charge on any atom is -0.497 e. The SMILES string of the molecule is COc1ccc(OC)c(-c2[nH]nc3c2CCCCN3)c1. The number of hydrogen-bond acceptors (Lipinski definition) is 4. The third-order valence-electron chi connectivity index (χ3n) is 3.69. The number of methoxy groups -OCH3 is 2. The van der Waals surface area contributed by atoms with Crippen molar-refractivity contribution < 1.29 is 9.47 Å². The van der Waals surface area contributed by atoms with Crippen LogP contribution in [0.5, 0.6) is 11.5 Å². The number of ether oxygens (including phenoxy) is 2. The Bertz CT molecular complexity index is 607. The Hall–Kier alpha value is -2.17. The average Bonchev–Trinajstić information content (AvgIpc) is 2.75. The molecule has 1 aromatic carbocycles. The molecule has 0 fully saturated rings. The zero-order chi connectivity index (χ0) is 13.9. The summed E-state index contributed by atoms with van der Waals surface area (Å²) in [6.45, 7) is 0.979. The smallest absolute Gasteiger partial charge is 0.151 e. The molecule has 0 saturated carbocycles. The predicted octanol–water partition coefficient (Wildman–Crippen LogP) is 2.84. The zero-order valence-electron chi connectivity index (χ0n) is 11.8. The van der Waals surface area contributed by atoms with E-state index in [1.807, 2.05) is 18.2 Å². The first-order valence-corrected chi connectivity index (χ1v) is 6.87. The molecule has 2 aromatic rings. The van der Waals surface area contributed by atoms with E-state index < -0.39 is 0 Å². The predicted molar refractivity (Wildman–Crippen MR) is 78.6 cm³/mol. The summed E-state index contributed by atoms with van der Waals surface area (Å²) < 4.78 is 10.8. The number of nitrogens with zero attached hydrogens (tertiary/aromatic N) is 1. The maximum atomic E-state index is 5.47. The van der Waals surface area contributed by atoms with Crippen molar-refractivity contribution in [1.29, 1.82) is 0 Å². The number of aromatic nitrogens is 2.